The van der Waals surface area contributed by atoms with Crippen molar-refractivity contribution < 1.29 is 19.8 Å². The Kier molecular flexibility index (Phi) is 9.03. The smallest absolute Gasteiger partial charge is 0.243 e. The van der Waals surface area contributed by atoms with Crippen LogP contribution >= 0.6 is 0 Å². The first-order valence-electron chi connectivity index (χ1n) is 10.1. The van der Waals surface area contributed by atoms with Crippen molar-refractivity contribution in [3.05, 3.63) is 35.9 Å². The molecule has 2 amide bonds. The van der Waals surface area contributed by atoms with E-state index in [9.17, 15) is 19.8 Å². The average Bonchev–Trinajstić information content (AvgIpc) is 3.19. The molecule has 1 aromatic rings. The summed E-state index contributed by atoms with van der Waals surface area (Å²) in [7, 11) is 0. The van der Waals surface area contributed by atoms with Crippen molar-refractivity contribution in [2.24, 2.45) is 22.2 Å². The number of aliphatic imine (C=N–C) groups is 1. The molecule has 1 heterocycles. The minimum absolute atomic E-state index is 0.0490. The van der Waals surface area contributed by atoms with Crippen LogP contribution in [-0.2, 0) is 16.0 Å². The van der Waals surface area contributed by atoms with Crippen molar-refractivity contribution in [1.82, 2.24) is 10.2 Å². The standard InChI is InChI=1S/C20H32N6O4/c21-14(12-13-6-2-1-3-7-13)18(28)26-11-5-9-16(26)17(27)25-15(19(29)30)8-4-10-24-20(22)23/h1-3,6-7,14-16,19,29-30H,4-5,8-12,21H2,(H,25,27)(H4,22,23,24)/t14-,15+,16+/m1/s1. The second-order valence-electron chi connectivity index (χ2n) is 7.46. The van der Waals surface area contributed by atoms with E-state index >= 15 is 0 Å². The number of amides is 2. The van der Waals surface area contributed by atoms with Crippen molar-refractivity contribution >= 4 is 17.8 Å². The number of rotatable bonds is 10. The summed E-state index contributed by atoms with van der Waals surface area (Å²) in [4.78, 5) is 30.9. The highest BCUT2D eigenvalue weighted by Crippen LogP contribution is 2.20. The molecule has 3 atom stereocenters. The van der Waals surface area contributed by atoms with Crippen molar-refractivity contribution in [2.45, 2.75) is 56.5 Å². The first-order valence-corrected chi connectivity index (χ1v) is 10.1. The summed E-state index contributed by atoms with van der Waals surface area (Å²) in [5, 5.41) is 21.8. The van der Waals surface area contributed by atoms with E-state index in [4.69, 9.17) is 17.2 Å². The molecule has 2 rings (SSSR count). The van der Waals surface area contributed by atoms with Gasteiger partial charge < -0.3 is 37.6 Å². The monoisotopic (exact) mass is 420 g/mol. The summed E-state index contributed by atoms with van der Waals surface area (Å²) in [6.07, 6.45) is 0.549. The third-order valence-corrected chi connectivity index (χ3v) is 5.11. The lowest BCUT2D eigenvalue weighted by atomic mass is 10.0. The predicted octanol–water partition coefficient (Wildman–Crippen LogP) is -1.60. The summed E-state index contributed by atoms with van der Waals surface area (Å²) in [6.45, 7) is 0.750. The Morgan fingerprint density at radius 2 is 1.93 bits per heavy atom. The number of benzene rings is 1. The van der Waals surface area contributed by atoms with Crippen LogP contribution < -0.4 is 22.5 Å². The maximum Gasteiger partial charge on any atom is 0.243 e. The number of nitrogens with one attached hydrogen (secondary N) is 1. The lowest BCUT2D eigenvalue weighted by molar-refractivity contribution is -0.141. The van der Waals surface area contributed by atoms with Gasteiger partial charge in [-0.25, -0.2) is 0 Å². The lowest BCUT2D eigenvalue weighted by Gasteiger charge is -2.29. The summed E-state index contributed by atoms with van der Waals surface area (Å²) >= 11 is 0. The summed E-state index contributed by atoms with van der Waals surface area (Å²) in [6, 6.07) is 7.13. The molecule has 1 aromatic carbocycles. The zero-order valence-electron chi connectivity index (χ0n) is 17.0. The maximum absolute atomic E-state index is 12.8. The highest BCUT2D eigenvalue weighted by Gasteiger charge is 2.37. The zero-order chi connectivity index (χ0) is 22.1. The zero-order valence-corrected chi connectivity index (χ0v) is 17.0. The van der Waals surface area contributed by atoms with Crippen LogP contribution in [0.4, 0.5) is 0 Å². The van der Waals surface area contributed by atoms with Crippen molar-refractivity contribution in [2.75, 3.05) is 13.1 Å². The van der Waals surface area contributed by atoms with Crippen LogP contribution in [-0.4, -0.2) is 70.4 Å². The van der Waals surface area contributed by atoms with Gasteiger partial charge in [0.25, 0.3) is 0 Å². The second kappa shape index (κ2) is 11.5. The van der Waals surface area contributed by atoms with Crippen molar-refractivity contribution in [1.29, 1.82) is 0 Å². The molecule has 9 N–H and O–H groups in total. The number of aliphatic hydroxyl groups excluding tert-OH is 1. The van der Waals surface area contributed by atoms with Gasteiger partial charge in [0, 0.05) is 13.1 Å². The van der Waals surface area contributed by atoms with Crippen molar-refractivity contribution in [3.63, 3.8) is 0 Å². The van der Waals surface area contributed by atoms with E-state index in [2.05, 4.69) is 10.3 Å². The molecule has 0 radical (unpaired) electrons. The van der Waals surface area contributed by atoms with Crippen LogP contribution in [0.3, 0.4) is 0 Å². The van der Waals surface area contributed by atoms with Gasteiger partial charge in [0.2, 0.25) is 11.8 Å². The van der Waals surface area contributed by atoms with Gasteiger partial charge >= 0.3 is 0 Å². The Balaban J connectivity index is 1.94. The Morgan fingerprint density at radius 1 is 1.23 bits per heavy atom. The topological polar surface area (TPSA) is 180 Å². The van der Waals surface area contributed by atoms with Gasteiger partial charge in [0.05, 0.1) is 12.1 Å². The number of aliphatic hydroxyl groups is 2. The molecule has 0 aromatic heterocycles. The van der Waals surface area contributed by atoms with E-state index in [1.54, 1.807) is 0 Å². The molecule has 30 heavy (non-hydrogen) atoms. The average molecular weight is 421 g/mol. The molecule has 1 fully saturated rings. The minimum atomic E-state index is -1.74. The number of hydrogen-bond donors (Lipinski definition) is 6. The van der Waals surface area contributed by atoms with Gasteiger partial charge in [0.15, 0.2) is 12.2 Å². The Bertz CT molecular complexity index is 723. The minimum Gasteiger partial charge on any atom is -0.370 e. The molecule has 1 aliphatic rings. The quantitative estimate of drug-likeness (QED) is 0.114. The van der Waals surface area contributed by atoms with E-state index in [0.717, 1.165) is 5.56 Å². The van der Waals surface area contributed by atoms with Gasteiger partial charge in [0.1, 0.15) is 6.04 Å². The van der Waals surface area contributed by atoms with Crippen LogP contribution in [0.1, 0.15) is 31.2 Å². The SMILES string of the molecule is NC(N)=NCCC[C@H](NC(=O)[C@@H]1CCCN1C(=O)[C@H](N)Cc1ccccc1)C(O)O. The van der Waals surface area contributed by atoms with Gasteiger partial charge in [-0.3, -0.25) is 14.6 Å². The molecule has 0 bridgehead atoms. The van der Waals surface area contributed by atoms with Gasteiger partial charge in [-0.2, -0.15) is 0 Å². The van der Waals surface area contributed by atoms with E-state index in [-0.39, 0.29) is 18.3 Å². The molecule has 0 saturated carbocycles. The van der Waals surface area contributed by atoms with E-state index in [1.165, 1.54) is 4.90 Å². The summed E-state index contributed by atoms with van der Waals surface area (Å²) < 4.78 is 0. The normalized spacial score (nSPS) is 18.1. The lowest BCUT2D eigenvalue weighted by Crippen LogP contribution is -2.54. The van der Waals surface area contributed by atoms with Crippen molar-refractivity contribution in [3.8, 4) is 0 Å². The van der Waals surface area contributed by atoms with Crippen LogP contribution in [0.25, 0.3) is 0 Å². The molecule has 1 aliphatic heterocycles. The fraction of sp³-hybridized carbons (Fsp3) is 0.550. The van der Waals surface area contributed by atoms with Crippen LogP contribution in [0.2, 0.25) is 0 Å². The molecule has 0 spiro atoms. The number of nitrogens with two attached hydrogens (primary N) is 3. The Morgan fingerprint density at radius 3 is 2.57 bits per heavy atom. The number of guanidine groups is 1. The molecule has 10 heteroatoms. The van der Waals surface area contributed by atoms with E-state index in [1.807, 2.05) is 30.3 Å². The molecule has 0 unspecified atom stereocenters. The highest BCUT2D eigenvalue weighted by molar-refractivity contribution is 5.90. The van der Waals surface area contributed by atoms with E-state index < -0.39 is 30.3 Å². The molecule has 166 valence electrons. The third-order valence-electron chi connectivity index (χ3n) is 5.11. The van der Waals surface area contributed by atoms with Gasteiger partial charge in [-0.1, -0.05) is 30.3 Å². The molecular weight excluding hydrogens is 388 g/mol. The fourth-order valence-electron chi connectivity index (χ4n) is 3.57. The van der Waals surface area contributed by atoms with Gasteiger partial charge in [-0.15, -0.1) is 0 Å². The number of carbonyl (C=O) groups is 2. The number of nitrogens with zero attached hydrogens (tertiary/aromatic N) is 2. The number of likely N-dealkylation sites (tertiary alicyclic amines) is 1. The largest absolute Gasteiger partial charge is 0.370 e. The molecule has 1 saturated heterocycles. The predicted molar refractivity (Wildman–Crippen MR) is 113 cm³/mol. The first kappa shape index (κ1) is 23.6. The Labute approximate surface area is 176 Å². The second-order valence-corrected chi connectivity index (χ2v) is 7.46. The number of carbonyl (C=O) groups excluding carboxylic acids is 2. The van der Waals surface area contributed by atoms with Crippen LogP contribution in [0.5, 0.6) is 0 Å². The third kappa shape index (κ3) is 6.97. The molecule has 0 aliphatic carbocycles. The van der Waals surface area contributed by atoms with E-state index in [0.29, 0.717) is 38.8 Å². The molecule has 10 nitrogen and oxygen atoms in total. The summed E-state index contributed by atoms with van der Waals surface area (Å²) in [5.74, 6) is -0.759. The highest BCUT2D eigenvalue weighted by atomic mass is 16.5. The van der Waals surface area contributed by atoms with Gasteiger partial charge in [-0.05, 0) is 37.7 Å². The fourth-order valence-corrected chi connectivity index (χ4v) is 3.57. The first-order chi connectivity index (χ1) is 14.3. The van der Waals surface area contributed by atoms with Crippen LogP contribution in [0, 0.1) is 0 Å². The van der Waals surface area contributed by atoms with Crippen LogP contribution in [0.15, 0.2) is 35.3 Å². The molecular formula is C20H32N6O4. The summed E-state index contributed by atoms with van der Waals surface area (Å²) in [5.41, 5.74) is 17.6. The number of hydrogen-bond acceptors (Lipinski definition) is 6. The maximum atomic E-state index is 12.8. The Hall–Kier alpha value is -2.69.